The largest absolute Gasteiger partial charge is 0.459 e. The third kappa shape index (κ3) is 11.0. The zero-order valence-electron chi connectivity index (χ0n) is 31.9. The molecule has 0 aliphatic heterocycles. The number of benzene rings is 4. The number of esters is 1. The van der Waals surface area contributed by atoms with Gasteiger partial charge in [-0.25, -0.2) is 9.59 Å². The van der Waals surface area contributed by atoms with Crippen molar-refractivity contribution in [1.29, 1.82) is 0 Å². The molecule has 0 bridgehead atoms. The number of alkyl carbamates (subject to hydrolysis) is 1. The van der Waals surface area contributed by atoms with Crippen molar-refractivity contribution < 1.29 is 28.7 Å². The zero-order chi connectivity index (χ0) is 38.6. The number of carbonyl (C=O) groups excluding carboxylic acids is 4. The Morgan fingerprint density at radius 1 is 0.604 bits per heavy atom. The van der Waals surface area contributed by atoms with Crippen LogP contribution in [0.4, 0.5) is 4.79 Å². The van der Waals surface area contributed by atoms with E-state index in [1.54, 1.807) is 20.8 Å². The maximum atomic E-state index is 15.5. The molecule has 53 heavy (non-hydrogen) atoms. The summed E-state index contributed by atoms with van der Waals surface area (Å²) in [5.41, 5.74) is -0.0109. The normalized spacial score (nSPS) is 12.8. The smallest absolute Gasteiger partial charge is 0.408 e. The van der Waals surface area contributed by atoms with Crippen molar-refractivity contribution in [2.75, 3.05) is 0 Å². The highest BCUT2D eigenvalue weighted by molar-refractivity contribution is 7.97. The van der Waals surface area contributed by atoms with E-state index in [0.717, 1.165) is 21.5 Å². The van der Waals surface area contributed by atoms with Crippen molar-refractivity contribution in [3.63, 3.8) is 0 Å². The number of hydrogen-bond acceptors (Lipinski definition) is 6. The van der Waals surface area contributed by atoms with Gasteiger partial charge in [-0.1, -0.05) is 149 Å². The van der Waals surface area contributed by atoms with E-state index in [9.17, 15) is 9.59 Å². The second-order valence-electron chi connectivity index (χ2n) is 15.0. The summed E-state index contributed by atoms with van der Waals surface area (Å²) in [6.07, 6.45) is -0.247. The number of ether oxygens (including phenoxy) is 2. The lowest BCUT2D eigenvalue weighted by atomic mass is 9.98. The van der Waals surface area contributed by atoms with Crippen LogP contribution in [-0.2, 0) is 30.5 Å². The van der Waals surface area contributed by atoms with Crippen LogP contribution in [-0.4, -0.2) is 46.7 Å². The summed E-state index contributed by atoms with van der Waals surface area (Å²) in [5.74, 6) is -1.88. The SMILES string of the molecule is CC(C)C[C@H](NC(=O)C(C(=O)[C@H](CC(C)C)NC(=O)OC(C)(C)C)=P(c1ccccc1)(c1ccccc1)c1ccccc1)C(=O)OCc1ccccc1. The maximum absolute atomic E-state index is 15.5. The van der Waals surface area contributed by atoms with E-state index in [-0.39, 0.29) is 36.6 Å². The average molecular weight is 737 g/mol. The zero-order valence-corrected chi connectivity index (χ0v) is 32.8. The van der Waals surface area contributed by atoms with Gasteiger partial charge in [0.1, 0.15) is 18.2 Å². The van der Waals surface area contributed by atoms with Crippen LogP contribution in [0.25, 0.3) is 0 Å². The molecular weight excluding hydrogens is 683 g/mol. The van der Waals surface area contributed by atoms with Gasteiger partial charge in [-0.3, -0.25) is 9.59 Å². The van der Waals surface area contributed by atoms with Crippen molar-refractivity contribution >= 4 is 51.8 Å². The van der Waals surface area contributed by atoms with Gasteiger partial charge in [0.15, 0.2) is 5.78 Å². The fourth-order valence-electron chi connectivity index (χ4n) is 6.28. The number of amides is 2. The first-order valence-corrected chi connectivity index (χ1v) is 20.0. The lowest BCUT2D eigenvalue weighted by molar-refractivity contribution is -0.149. The molecule has 0 fully saturated rings. The molecule has 0 aliphatic rings. The molecule has 2 amide bonds. The summed E-state index contributed by atoms with van der Waals surface area (Å²) in [4.78, 5) is 58.0. The summed E-state index contributed by atoms with van der Waals surface area (Å²) in [7, 11) is 0. The highest BCUT2D eigenvalue weighted by Gasteiger charge is 2.41. The molecule has 0 unspecified atom stereocenters. The first kappa shape index (κ1) is 40.8. The van der Waals surface area contributed by atoms with Gasteiger partial charge in [-0.15, -0.1) is 0 Å². The monoisotopic (exact) mass is 736 g/mol. The van der Waals surface area contributed by atoms with Gasteiger partial charge < -0.3 is 20.1 Å². The van der Waals surface area contributed by atoms with Crippen LogP contribution < -0.4 is 26.5 Å². The molecule has 0 radical (unpaired) electrons. The molecule has 0 heterocycles. The quantitative estimate of drug-likeness (QED) is 0.0778. The highest BCUT2D eigenvalue weighted by atomic mass is 31.2. The molecule has 8 nitrogen and oxygen atoms in total. The van der Waals surface area contributed by atoms with Gasteiger partial charge in [-0.05, 0) is 73.8 Å². The number of ketones is 1. The van der Waals surface area contributed by atoms with E-state index in [0.29, 0.717) is 0 Å². The molecule has 0 aliphatic carbocycles. The summed E-state index contributed by atoms with van der Waals surface area (Å²) in [5, 5.41) is 8.09. The minimum atomic E-state index is -3.33. The summed E-state index contributed by atoms with van der Waals surface area (Å²) in [6.45, 7) is 9.76. The van der Waals surface area contributed by atoms with Gasteiger partial charge in [-0.2, -0.15) is 0 Å². The molecule has 2 atom stereocenters. The number of Topliss-reactive ketones (excluding diaryl/α,β-unsaturated/α-hetero) is 1. The Kier molecular flexibility index (Phi) is 14.4. The van der Waals surface area contributed by atoms with Crippen LogP contribution >= 0.6 is 6.89 Å². The van der Waals surface area contributed by atoms with Gasteiger partial charge in [0.2, 0.25) is 0 Å². The molecule has 4 aromatic rings. The highest BCUT2D eigenvalue weighted by Crippen LogP contribution is 2.47. The first-order valence-electron chi connectivity index (χ1n) is 18.2. The molecular formula is C44H53N2O6P. The van der Waals surface area contributed by atoms with Crippen LogP contribution in [0.5, 0.6) is 0 Å². The molecule has 0 spiro atoms. The van der Waals surface area contributed by atoms with Crippen molar-refractivity contribution in [3.8, 4) is 0 Å². The topological polar surface area (TPSA) is 111 Å². The lowest BCUT2D eigenvalue weighted by Crippen LogP contribution is -2.54. The Morgan fingerprint density at radius 3 is 1.43 bits per heavy atom. The Bertz CT molecular complexity index is 1770. The first-order chi connectivity index (χ1) is 25.2. The van der Waals surface area contributed by atoms with Crippen LogP contribution in [0.2, 0.25) is 0 Å². The van der Waals surface area contributed by atoms with Crippen molar-refractivity contribution in [2.24, 2.45) is 11.8 Å². The molecule has 280 valence electrons. The van der Waals surface area contributed by atoms with E-state index in [4.69, 9.17) is 9.47 Å². The van der Waals surface area contributed by atoms with Crippen molar-refractivity contribution in [3.05, 3.63) is 127 Å². The second kappa shape index (κ2) is 18.7. The summed E-state index contributed by atoms with van der Waals surface area (Å²) < 4.78 is 11.4. The van der Waals surface area contributed by atoms with Gasteiger partial charge in [0.05, 0.1) is 11.3 Å². The van der Waals surface area contributed by atoms with E-state index in [1.165, 1.54) is 0 Å². The Hall–Kier alpha value is -4.94. The van der Waals surface area contributed by atoms with Crippen LogP contribution in [0.3, 0.4) is 0 Å². The standard InChI is InChI=1S/C44H53N2O6P/c1-31(2)28-37(46-43(50)52-44(5,6)7)39(47)40(41(48)45-38(29-32(3)4)42(49)51-30-33-20-12-8-13-21-33)53(34-22-14-9-15-23-34,35-24-16-10-17-25-35)36-26-18-11-19-27-36/h8-27,31-32,37-38H,28-30H2,1-7H3,(H,45,48)(H,46,50)/t37-,38-/m0/s1. The molecule has 4 rings (SSSR count). The van der Waals surface area contributed by atoms with Gasteiger partial charge in [0, 0.05) is 0 Å². The fraction of sp³-hybridized carbons (Fsp3) is 0.341. The van der Waals surface area contributed by atoms with Crippen LogP contribution in [0.15, 0.2) is 121 Å². The summed E-state index contributed by atoms with van der Waals surface area (Å²) in [6, 6.07) is 35.8. The molecule has 0 saturated heterocycles. The van der Waals surface area contributed by atoms with E-state index < -0.39 is 48.3 Å². The van der Waals surface area contributed by atoms with Gasteiger partial charge >= 0.3 is 12.1 Å². The van der Waals surface area contributed by atoms with Crippen LogP contribution in [0, 0.1) is 11.8 Å². The van der Waals surface area contributed by atoms with Gasteiger partial charge in [0.25, 0.3) is 5.91 Å². The second-order valence-corrected chi connectivity index (χ2v) is 18.3. The van der Waals surface area contributed by atoms with Crippen molar-refractivity contribution in [2.45, 2.75) is 85.6 Å². The van der Waals surface area contributed by atoms with Crippen molar-refractivity contribution in [1.82, 2.24) is 10.6 Å². The number of nitrogens with one attached hydrogen (secondary N) is 2. The number of hydrogen-bond donors (Lipinski definition) is 2. The third-order valence-corrected chi connectivity index (χ3v) is 12.8. The molecule has 2 N–H and O–H groups in total. The van der Waals surface area contributed by atoms with E-state index in [1.807, 2.05) is 149 Å². The van der Waals surface area contributed by atoms with E-state index >= 15 is 9.59 Å². The fourth-order valence-corrected chi connectivity index (χ4v) is 10.7. The van der Waals surface area contributed by atoms with E-state index in [2.05, 4.69) is 10.6 Å². The predicted octanol–water partition coefficient (Wildman–Crippen LogP) is 6.94. The Balaban J connectivity index is 2.03. The Labute approximate surface area is 314 Å². The molecule has 0 aromatic heterocycles. The maximum Gasteiger partial charge on any atom is 0.408 e. The minimum absolute atomic E-state index is 0.00294. The van der Waals surface area contributed by atoms with Crippen LogP contribution in [0.1, 0.15) is 66.9 Å². The number of rotatable bonds is 15. The summed E-state index contributed by atoms with van der Waals surface area (Å²) >= 11 is 0. The molecule has 0 saturated carbocycles. The number of carbonyl (C=O) groups is 4. The molecule has 9 heteroatoms. The predicted molar refractivity (Wildman–Crippen MR) is 215 cm³/mol. The third-order valence-electron chi connectivity index (χ3n) is 8.45. The minimum Gasteiger partial charge on any atom is -0.459 e. The Morgan fingerprint density at radius 2 is 1.02 bits per heavy atom. The average Bonchev–Trinajstić information content (AvgIpc) is 3.12. The molecule has 4 aromatic carbocycles. The lowest BCUT2D eigenvalue weighted by Gasteiger charge is -2.34.